The summed E-state index contributed by atoms with van der Waals surface area (Å²) >= 11 is 0. The Morgan fingerprint density at radius 3 is 2.31 bits per heavy atom. The second-order valence-electron chi connectivity index (χ2n) is 10.8. The fourth-order valence-electron chi connectivity index (χ4n) is 7.64. The standard InChI is InChI=1S/C34H26O/c1-18-15-19(2)28-31-24(18)13-12-22-17-23-16-21-8-4-6-10-26(21)29(23)33(30(22)31)34(35)32(28)27-14-11-20-7-3-5-9-25(20)27/h3-10,12-15,32-33H,11,16-17H2,1-2H3. The van der Waals surface area contributed by atoms with Crippen molar-refractivity contribution in [2.75, 3.05) is 0 Å². The molecule has 0 saturated carbocycles. The van der Waals surface area contributed by atoms with Gasteiger partial charge in [-0.3, -0.25) is 4.79 Å². The molecule has 0 fully saturated rings. The zero-order valence-corrected chi connectivity index (χ0v) is 20.1. The van der Waals surface area contributed by atoms with E-state index in [2.05, 4.69) is 86.7 Å². The molecule has 0 N–H and O–H groups in total. The fraction of sp³-hybridized carbons (Fsp3) is 0.206. The van der Waals surface area contributed by atoms with Crippen molar-refractivity contribution < 1.29 is 4.79 Å². The second-order valence-corrected chi connectivity index (χ2v) is 10.8. The third-order valence-electron chi connectivity index (χ3n) is 9.00. The molecule has 4 aromatic carbocycles. The summed E-state index contributed by atoms with van der Waals surface area (Å²) in [7, 11) is 0. The second kappa shape index (κ2) is 6.70. The van der Waals surface area contributed by atoms with Crippen LogP contribution in [0.3, 0.4) is 0 Å². The highest BCUT2D eigenvalue weighted by molar-refractivity contribution is 6.18. The number of benzene rings is 4. The zero-order chi connectivity index (χ0) is 23.4. The number of hydrogen-bond acceptors (Lipinski definition) is 1. The Morgan fingerprint density at radius 2 is 1.46 bits per heavy atom. The van der Waals surface area contributed by atoms with Gasteiger partial charge < -0.3 is 0 Å². The first-order valence-electron chi connectivity index (χ1n) is 12.8. The van der Waals surface area contributed by atoms with Gasteiger partial charge in [0.2, 0.25) is 0 Å². The molecule has 0 amide bonds. The van der Waals surface area contributed by atoms with Crippen molar-refractivity contribution in [1.29, 1.82) is 0 Å². The number of allylic oxidation sites excluding steroid dienone is 4. The topological polar surface area (TPSA) is 17.1 Å². The van der Waals surface area contributed by atoms with Gasteiger partial charge in [0.1, 0.15) is 0 Å². The summed E-state index contributed by atoms with van der Waals surface area (Å²) in [5, 5.41) is 2.67. The number of hydrogen-bond donors (Lipinski definition) is 0. The molecule has 1 nitrogen and oxygen atoms in total. The summed E-state index contributed by atoms with van der Waals surface area (Å²) < 4.78 is 0. The average molecular weight is 451 g/mol. The quantitative estimate of drug-likeness (QED) is 0.295. The van der Waals surface area contributed by atoms with Gasteiger partial charge >= 0.3 is 0 Å². The van der Waals surface area contributed by atoms with Crippen molar-refractivity contribution in [2.45, 2.75) is 44.9 Å². The number of ketones is 1. The summed E-state index contributed by atoms with van der Waals surface area (Å²) in [4.78, 5) is 14.9. The van der Waals surface area contributed by atoms with Gasteiger partial charge in [-0.05, 0) is 105 Å². The Balaban J connectivity index is 1.47. The van der Waals surface area contributed by atoms with Gasteiger partial charge in [0.25, 0.3) is 0 Å². The van der Waals surface area contributed by atoms with E-state index in [9.17, 15) is 4.79 Å². The minimum absolute atomic E-state index is 0.173. The molecule has 8 rings (SSSR count). The molecule has 0 heterocycles. The minimum Gasteiger partial charge on any atom is -0.298 e. The molecular weight excluding hydrogens is 424 g/mol. The molecule has 0 bridgehead atoms. The summed E-state index contributed by atoms with van der Waals surface area (Å²) in [6.45, 7) is 4.43. The van der Waals surface area contributed by atoms with Crippen LogP contribution in [0.25, 0.3) is 21.9 Å². The van der Waals surface area contributed by atoms with E-state index in [-0.39, 0.29) is 11.8 Å². The Morgan fingerprint density at radius 1 is 0.714 bits per heavy atom. The summed E-state index contributed by atoms with van der Waals surface area (Å²) in [5.74, 6) is -0.0207. The number of Topliss-reactive ketones (excluding diaryl/α,β-unsaturated/α-hetero) is 1. The number of carbonyl (C=O) groups excluding carboxylic acids is 1. The summed E-state index contributed by atoms with van der Waals surface area (Å²) in [6, 6.07) is 24.3. The van der Waals surface area contributed by atoms with Crippen LogP contribution in [0.2, 0.25) is 0 Å². The van der Waals surface area contributed by atoms with E-state index in [1.165, 1.54) is 77.6 Å². The highest BCUT2D eigenvalue weighted by Gasteiger charge is 2.47. The predicted molar refractivity (Wildman–Crippen MR) is 143 cm³/mol. The highest BCUT2D eigenvalue weighted by Crippen LogP contribution is 2.58. The molecule has 1 heteroatoms. The first-order chi connectivity index (χ1) is 17.1. The number of carbonyl (C=O) groups is 1. The number of rotatable bonds is 1. The van der Waals surface area contributed by atoms with Crippen molar-refractivity contribution in [1.82, 2.24) is 0 Å². The molecule has 4 aromatic rings. The molecule has 4 aliphatic carbocycles. The van der Waals surface area contributed by atoms with Crippen molar-refractivity contribution >= 4 is 27.7 Å². The molecule has 0 aromatic heterocycles. The molecule has 0 aliphatic heterocycles. The van der Waals surface area contributed by atoms with Crippen LogP contribution in [0.4, 0.5) is 0 Å². The average Bonchev–Trinajstić information content (AvgIpc) is 3.45. The Hall–Kier alpha value is -3.71. The monoisotopic (exact) mass is 450 g/mol. The van der Waals surface area contributed by atoms with E-state index in [0.717, 1.165) is 19.3 Å². The molecule has 0 spiro atoms. The largest absolute Gasteiger partial charge is 0.298 e. The highest BCUT2D eigenvalue weighted by atomic mass is 16.1. The molecule has 35 heavy (non-hydrogen) atoms. The lowest BCUT2D eigenvalue weighted by Crippen LogP contribution is -2.31. The van der Waals surface area contributed by atoms with Crippen LogP contribution in [0.1, 0.15) is 61.9 Å². The van der Waals surface area contributed by atoms with Gasteiger partial charge in [0.15, 0.2) is 5.78 Å². The summed E-state index contributed by atoms with van der Waals surface area (Å²) in [6.07, 6.45) is 5.18. The lowest BCUT2D eigenvalue weighted by atomic mass is 9.63. The number of fused-ring (bicyclic) bond motifs is 4. The molecule has 2 unspecified atom stereocenters. The molecule has 0 radical (unpaired) electrons. The van der Waals surface area contributed by atoms with Crippen molar-refractivity contribution in [2.24, 2.45) is 0 Å². The molecule has 2 atom stereocenters. The van der Waals surface area contributed by atoms with E-state index in [1.807, 2.05) is 0 Å². The van der Waals surface area contributed by atoms with Crippen LogP contribution >= 0.6 is 0 Å². The van der Waals surface area contributed by atoms with Gasteiger partial charge in [-0.15, -0.1) is 0 Å². The fourth-order valence-corrected chi connectivity index (χ4v) is 7.64. The van der Waals surface area contributed by atoms with E-state index in [4.69, 9.17) is 0 Å². The van der Waals surface area contributed by atoms with E-state index >= 15 is 0 Å². The van der Waals surface area contributed by atoms with Gasteiger partial charge in [0, 0.05) is 0 Å². The Bertz CT molecular complexity index is 1710. The van der Waals surface area contributed by atoms with Crippen LogP contribution < -0.4 is 0 Å². The van der Waals surface area contributed by atoms with Crippen molar-refractivity contribution in [3.05, 3.63) is 128 Å². The van der Waals surface area contributed by atoms with Gasteiger partial charge in [-0.2, -0.15) is 0 Å². The van der Waals surface area contributed by atoms with Crippen molar-refractivity contribution in [3.8, 4) is 0 Å². The molecule has 0 saturated heterocycles. The molecule has 4 aliphatic rings. The Kier molecular flexibility index (Phi) is 3.75. The third kappa shape index (κ3) is 2.41. The lowest BCUT2D eigenvalue weighted by molar-refractivity contribution is -0.119. The van der Waals surface area contributed by atoms with Gasteiger partial charge in [-0.25, -0.2) is 0 Å². The van der Waals surface area contributed by atoms with Crippen LogP contribution in [-0.4, -0.2) is 5.78 Å². The maximum absolute atomic E-state index is 14.9. The summed E-state index contributed by atoms with van der Waals surface area (Å²) in [5.41, 5.74) is 15.7. The molecular formula is C34H26O. The predicted octanol–water partition coefficient (Wildman–Crippen LogP) is 7.41. The normalized spacial score (nSPS) is 21.2. The SMILES string of the molecule is Cc1cc(C)c2ccc3c4c2c1C(C1=CCc2ccccc21)C(=O)C4C1=C(Cc2ccccc21)C3. The maximum Gasteiger partial charge on any atom is 0.156 e. The van der Waals surface area contributed by atoms with Crippen LogP contribution in [0, 0.1) is 13.8 Å². The minimum atomic E-state index is -0.214. The van der Waals surface area contributed by atoms with Crippen LogP contribution in [0.5, 0.6) is 0 Å². The van der Waals surface area contributed by atoms with Crippen LogP contribution in [-0.2, 0) is 24.1 Å². The molecule has 168 valence electrons. The van der Waals surface area contributed by atoms with Gasteiger partial charge in [0.05, 0.1) is 11.8 Å². The van der Waals surface area contributed by atoms with Crippen LogP contribution in [0.15, 0.2) is 78.4 Å². The lowest BCUT2D eigenvalue weighted by Gasteiger charge is -2.38. The van der Waals surface area contributed by atoms with Crippen molar-refractivity contribution in [3.63, 3.8) is 0 Å². The Labute approximate surface area is 205 Å². The van der Waals surface area contributed by atoms with E-state index in [0.29, 0.717) is 5.78 Å². The first kappa shape index (κ1) is 19.6. The van der Waals surface area contributed by atoms with Gasteiger partial charge in [-0.1, -0.05) is 78.4 Å². The number of aryl methyl sites for hydroxylation is 2. The smallest absolute Gasteiger partial charge is 0.156 e. The van der Waals surface area contributed by atoms with E-state index in [1.54, 1.807) is 0 Å². The third-order valence-corrected chi connectivity index (χ3v) is 9.00. The van der Waals surface area contributed by atoms with E-state index < -0.39 is 0 Å². The zero-order valence-electron chi connectivity index (χ0n) is 20.1. The first-order valence-corrected chi connectivity index (χ1v) is 12.8. The maximum atomic E-state index is 14.9.